The van der Waals surface area contributed by atoms with Crippen molar-refractivity contribution in [3.05, 3.63) is 0 Å². The molecule has 0 heterocycles. The number of carbonyl (C=O) groups excluding carboxylic acids is 1. The van der Waals surface area contributed by atoms with Gasteiger partial charge in [-0.3, -0.25) is 4.79 Å². The van der Waals surface area contributed by atoms with Gasteiger partial charge in [0.05, 0.1) is 19.1 Å². The van der Waals surface area contributed by atoms with Crippen molar-refractivity contribution in [2.24, 2.45) is 17.3 Å². The number of hydrogen-bond donors (Lipinski definition) is 1. The summed E-state index contributed by atoms with van der Waals surface area (Å²) in [7, 11) is 1.36. The van der Waals surface area contributed by atoms with Crippen molar-refractivity contribution in [1.82, 2.24) is 0 Å². The maximum atomic E-state index is 11.5. The van der Waals surface area contributed by atoms with Crippen molar-refractivity contribution in [3.63, 3.8) is 0 Å². The Morgan fingerprint density at radius 2 is 1.80 bits per heavy atom. The van der Waals surface area contributed by atoms with Crippen LogP contribution in [-0.4, -0.2) is 24.3 Å². The van der Waals surface area contributed by atoms with Crippen LogP contribution in [0.5, 0.6) is 0 Å². The van der Waals surface area contributed by atoms with E-state index < -0.39 is 12.0 Å². The number of esters is 1. The third-order valence-corrected chi connectivity index (χ3v) is 2.43. The fourth-order valence-electron chi connectivity index (χ4n) is 1.76. The van der Waals surface area contributed by atoms with Gasteiger partial charge < -0.3 is 9.84 Å². The summed E-state index contributed by atoms with van der Waals surface area (Å²) in [6.07, 6.45) is -0.0252. The molecular formula is C12H24O3. The molecule has 2 atom stereocenters. The summed E-state index contributed by atoms with van der Waals surface area (Å²) in [5, 5.41) is 10.0. The Kier molecular flexibility index (Phi) is 5.29. The van der Waals surface area contributed by atoms with Gasteiger partial charge >= 0.3 is 5.97 Å². The van der Waals surface area contributed by atoms with Gasteiger partial charge in [-0.05, 0) is 17.8 Å². The molecule has 0 aliphatic heterocycles. The Bertz CT molecular complexity index is 203. The van der Waals surface area contributed by atoms with Gasteiger partial charge in [-0.25, -0.2) is 0 Å². The number of methoxy groups -OCH3 is 1. The zero-order chi connectivity index (χ0) is 12.2. The summed E-state index contributed by atoms with van der Waals surface area (Å²) in [5.74, 6) is -0.647. The number of hydrogen-bond acceptors (Lipinski definition) is 3. The van der Waals surface area contributed by atoms with Crippen LogP contribution in [0.25, 0.3) is 0 Å². The quantitative estimate of drug-likeness (QED) is 0.733. The van der Waals surface area contributed by atoms with E-state index in [-0.39, 0.29) is 17.3 Å². The molecule has 0 aliphatic rings. The predicted octanol–water partition coefficient (Wildman–Crippen LogP) is 2.23. The molecule has 0 aliphatic carbocycles. The molecule has 0 bridgehead atoms. The molecule has 3 nitrogen and oxygen atoms in total. The molecule has 0 spiro atoms. The van der Waals surface area contributed by atoms with E-state index in [1.807, 2.05) is 34.6 Å². The first-order valence-electron chi connectivity index (χ1n) is 5.45. The van der Waals surface area contributed by atoms with Crippen molar-refractivity contribution in [2.45, 2.75) is 47.1 Å². The number of aliphatic hydroxyl groups is 1. The molecule has 0 radical (unpaired) electrons. The minimum Gasteiger partial charge on any atom is -0.469 e. The minimum absolute atomic E-state index is 0.0145. The largest absolute Gasteiger partial charge is 0.469 e. The Morgan fingerprint density at radius 3 is 2.07 bits per heavy atom. The molecule has 0 amide bonds. The van der Waals surface area contributed by atoms with E-state index in [4.69, 9.17) is 4.74 Å². The van der Waals surface area contributed by atoms with Crippen LogP contribution in [0.1, 0.15) is 41.0 Å². The summed E-state index contributed by atoms with van der Waals surface area (Å²) < 4.78 is 4.71. The standard InChI is InChI=1S/C12H24O3/c1-8(2)10(11(14)15-6)9(13)7-12(3,4)5/h8-10,13H,7H2,1-6H3. The molecule has 0 rings (SSSR count). The van der Waals surface area contributed by atoms with E-state index in [9.17, 15) is 9.90 Å². The second-order valence-corrected chi connectivity index (χ2v) is 5.63. The first kappa shape index (κ1) is 14.4. The van der Waals surface area contributed by atoms with Crippen molar-refractivity contribution >= 4 is 5.97 Å². The van der Waals surface area contributed by atoms with Crippen molar-refractivity contribution in [2.75, 3.05) is 7.11 Å². The molecule has 90 valence electrons. The van der Waals surface area contributed by atoms with Gasteiger partial charge in [0.25, 0.3) is 0 Å². The SMILES string of the molecule is COC(=O)C(C(C)C)C(O)CC(C)(C)C. The third kappa shape index (κ3) is 5.17. The average Bonchev–Trinajstić information content (AvgIpc) is 1.99. The van der Waals surface area contributed by atoms with Crippen LogP contribution < -0.4 is 0 Å². The number of aliphatic hydroxyl groups excluding tert-OH is 1. The number of carbonyl (C=O) groups is 1. The molecule has 0 aromatic carbocycles. The maximum Gasteiger partial charge on any atom is 0.311 e. The molecule has 0 fully saturated rings. The van der Waals surface area contributed by atoms with Crippen molar-refractivity contribution in [1.29, 1.82) is 0 Å². The number of rotatable bonds is 4. The van der Waals surface area contributed by atoms with Gasteiger partial charge in [0, 0.05) is 0 Å². The normalized spacial score (nSPS) is 16.3. The highest BCUT2D eigenvalue weighted by atomic mass is 16.5. The average molecular weight is 216 g/mol. The van der Waals surface area contributed by atoms with Crippen LogP contribution in [0, 0.1) is 17.3 Å². The maximum absolute atomic E-state index is 11.5. The molecule has 2 unspecified atom stereocenters. The summed E-state index contributed by atoms with van der Waals surface area (Å²) in [4.78, 5) is 11.5. The van der Waals surface area contributed by atoms with Crippen LogP contribution in [0.3, 0.4) is 0 Å². The zero-order valence-electron chi connectivity index (χ0n) is 10.7. The fraction of sp³-hybridized carbons (Fsp3) is 0.917. The Hall–Kier alpha value is -0.570. The summed E-state index contributed by atoms with van der Waals surface area (Å²) in [6.45, 7) is 9.99. The van der Waals surface area contributed by atoms with Crippen LogP contribution in [0.4, 0.5) is 0 Å². The van der Waals surface area contributed by atoms with Gasteiger partial charge in [0.1, 0.15) is 0 Å². The molecule has 0 aromatic heterocycles. The topological polar surface area (TPSA) is 46.5 Å². The van der Waals surface area contributed by atoms with E-state index in [1.54, 1.807) is 0 Å². The van der Waals surface area contributed by atoms with Gasteiger partial charge in [0.2, 0.25) is 0 Å². The lowest BCUT2D eigenvalue weighted by molar-refractivity contribution is -0.152. The molecule has 15 heavy (non-hydrogen) atoms. The summed E-state index contributed by atoms with van der Waals surface area (Å²) >= 11 is 0. The molecule has 0 saturated carbocycles. The zero-order valence-corrected chi connectivity index (χ0v) is 10.7. The fourth-order valence-corrected chi connectivity index (χ4v) is 1.76. The third-order valence-electron chi connectivity index (χ3n) is 2.43. The smallest absolute Gasteiger partial charge is 0.311 e. The Balaban J connectivity index is 4.57. The molecular weight excluding hydrogens is 192 g/mol. The van der Waals surface area contributed by atoms with Crippen LogP contribution in [-0.2, 0) is 9.53 Å². The molecule has 0 aromatic rings. The van der Waals surface area contributed by atoms with Crippen molar-refractivity contribution < 1.29 is 14.6 Å². The highest BCUT2D eigenvalue weighted by molar-refractivity contribution is 5.73. The minimum atomic E-state index is -0.627. The first-order chi connectivity index (χ1) is 6.69. The first-order valence-corrected chi connectivity index (χ1v) is 5.45. The predicted molar refractivity (Wildman–Crippen MR) is 60.4 cm³/mol. The van der Waals surface area contributed by atoms with Crippen LogP contribution >= 0.6 is 0 Å². The lowest BCUT2D eigenvalue weighted by Gasteiger charge is -2.29. The van der Waals surface area contributed by atoms with E-state index >= 15 is 0 Å². The van der Waals surface area contributed by atoms with Crippen molar-refractivity contribution in [3.8, 4) is 0 Å². The summed E-state index contributed by atoms with van der Waals surface area (Å²) in [6, 6.07) is 0. The van der Waals surface area contributed by atoms with Crippen LogP contribution in [0.15, 0.2) is 0 Å². The highest BCUT2D eigenvalue weighted by Crippen LogP contribution is 2.28. The lowest BCUT2D eigenvalue weighted by Crippen LogP contribution is -2.36. The Labute approximate surface area is 92.8 Å². The second kappa shape index (κ2) is 5.50. The van der Waals surface area contributed by atoms with Gasteiger partial charge in [-0.2, -0.15) is 0 Å². The van der Waals surface area contributed by atoms with Crippen LogP contribution in [0.2, 0.25) is 0 Å². The monoisotopic (exact) mass is 216 g/mol. The summed E-state index contributed by atoms with van der Waals surface area (Å²) in [5.41, 5.74) is 0.0145. The van der Waals surface area contributed by atoms with E-state index in [1.165, 1.54) is 7.11 Å². The Morgan fingerprint density at radius 1 is 1.33 bits per heavy atom. The number of ether oxygens (including phenoxy) is 1. The lowest BCUT2D eigenvalue weighted by atomic mass is 9.80. The molecule has 0 saturated heterocycles. The van der Waals surface area contributed by atoms with E-state index in [0.29, 0.717) is 6.42 Å². The molecule has 3 heteroatoms. The van der Waals surface area contributed by atoms with Gasteiger partial charge in [-0.15, -0.1) is 0 Å². The van der Waals surface area contributed by atoms with Gasteiger partial charge in [-0.1, -0.05) is 34.6 Å². The van der Waals surface area contributed by atoms with E-state index in [0.717, 1.165) is 0 Å². The molecule has 1 N–H and O–H groups in total. The van der Waals surface area contributed by atoms with E-state index in [2.05, 4.69) is 0 Å². The highest BCUT2D eigenvalue weighted by Gasteiger charge is 2.33. The second-order valence-electron chi connectivity index (χ2n) is 5.63. The van der Waals surface area contributed by atoms with Gasteiger partial charge in [0.15, 0.2) is 0 Å².